The van der Waals surface area contributed by atoms with Gasteiger partial charge in [0.1, 0.15) is 12.4 Å². The molecule has 1 saturated heterocycles. The quantitative estimate of drug-likeness (QED) is 0.545. The molecule has 1 aliphatic heterocycles. The molecule has 6 heteroatoms. The first-order valence-corrected chi connectivity index (χ1v) is 11.5. The summed E-state index contributed by atoms with van der Waals surface area (Å²) in [5.74, 6) is 0.875. The topological polar surface area (TPSA) is 63.7 Å². The third-order valence-corrected chi connectivity index (χ3v) is 5.78. The molecule has 0 bridgehead atoms. The summed E-state index contributed by atoms with van der Waals surface area (Å²) in [5, 5.41) is 2.94. The lowest BCUT2D eigenvalue weighted by molar-refractivity contribution is -0.120. The van der Waals surface area contributed by atoms with Crippen molar-refractivity contribution in [3.8, 4) is 16.9 Å². The lowest BCUT2D eigenvalue weighted by Crippen LogP contribution is -2.38. The maximum Gasteiger partial charge on any atom is 0.226 e. The zero-order valence-corrected chi connectivity index (χ0v) is 19.1. The van der Waals surface area contributed by atoms with Crippen molar-refractivity contribution in [2.45, 2.75) is 19.9 Å². The minimum atomic E-state index is -0.0338. The summed E-state index contributed by atoms with van der Waals surface area (Å²) in [6.07, 6.45) is 2.09. The third-order valence-electron chi connectivity index (χ3n) is 5.78. The van der Waals surface area contributed by atoms with E-state index in [0.29, 0.717) is 13.2 Å². The largest absolute Gasteiger partial charge is 0.492 e. The highest BCUT2D eigenvalue weighted by Gasteiger charge is 2.11. The summed E-state index contributed by atoms with van der Waals surface area (Å²) in [6, 6.07) is 20.0. The maximum atomic E-state index is 12.2. The Bertz CT molecular complexity index is 1030. The Morgan fingerprint density at radius 3 is 2.58 bits per heavy atom. The predicted molar refractivity (Wildman–Crippen MR) is 129 cm³/mol. The summed E-state index contributed by atoms with van der Waals surface area (Å²) in [7, 11) is 0. The Kier molecular flexibility index (Phi) is 8.06. The van der Waals surface area contributed by atoms with E-state index in [4.69, 9.17) is 9.47 Å². The molecule has 3 aromatic rings. The molecule has 2 aromatic carbocycles. The van der Waals surface area contributed by atoms with Gasteiger partial charge in [0, 0.05) is 43.6 Å². The second-order valence-corrected chi connectivity index (χ2v) is 8.26. The van der Waals surface area contributed by atoms with Crippen molar-refractivity contribution in [1.29, 1.82) is 0 Å². The molecule has 1 amide bonds. The first-order valence-electron chi connectivity index (χ1n) is 11.5. The number of aryl methyl sites for hydroxylation is 1. The van der Waals surface area contributed by atoms with Crippen LogP contribution in [0.15, 0.2) is 66.9 Å². The standard InChI is InChI=1S/C27H31N3O3/c1-21-17-23(8-10-26(21)33-16-13-30-11-14-32-15-12-30)24-7-9-25(28-20-24)18-27(31)29-19-22-5-3-2-4-6-22/h2-10,17,20H,11-16,18-19H2,1H3,(H,29,31). The summed E-state index contributed by atoms with van der Waals surface area (Å²) < 4.78 is 11.4. The van der Waals surface area contributed by atoms with E-state index in [9.17, 15) is 4.79 Å². The van der Waals surface area contributed by atoms with Crippen molar-refractivity contribution < 1.29 is 14.3 Å². The number of morpholine rings is 1. The van der Waals surface area contributed by atoms with Crippen LogP contribution in [0.25, 0.3) is 11.1 Å². The molecule has 1 aliphatic rings. The summed E-state index contributed by atoms with van der Waals surface area (Å²) in [4.78, 5) is 19.1. The number of carbonyl (C=O) groups is 1. The maximum absolute atomic E-state index is 12.2. The van der Waals surface area contributed by atoms with Gasteiger partial charge in [-0.15, -0.1) is 0 Å². The third kappa shape index (κ3) is 6.88. The fourth-order valence-electron chi connectivity index (χ4n) is 3.82. The van der Waals surface area contributed by atoms with Crippen molar-refractivity contribution >= 4 is 5.91 Å². The minimum Gasteiger partial charge on any atom is -0.492 e. The van der Waals surface area contributed by atoms with Crippen LogP contribution in [0.4, 0.5) is 0 Å². The second kappa shape index (κ2) is 11.6. The molecule has 1 fully saturated rings. The van der Waals surface area contributed by atoms with E-state index in [1.807, 2.05) is 54.7 Å². The normalized spacial score (nSPS) is 14.1. The van der Waals surface area contributed by atoms with E-state index in [0.717, 1.165) is 66.5 Å². The van der Waals surface area contributed by atoms with Gasteiger partial charge in [-0.05, 0) is 41.8 Å². The van der Waals surface area contributed by atoms with Crippen LogP contribution in [-0.2, 0) is 22.5 Å². The van der Waals surface area contributed by atoms with Gasteiger partial charge in [-0.1, -0.05) is 42.5 Å². The highest BCUT2D eigenvalue weighted by atomic mass is 16.5. The number of nitrogens with zero attached hydrogens (tertiary/aromatic N) is 2. The van der Waals surface area contributed by atoms with Crippen LogP contribution in [0.3, 0.4) is 0 Å². The van der Waals surface area contributed by atoms with Crippen molar-refractivity contribution in [2.75, 3.05) is 39.5 Å². The Hall–Kier alpha value is -3.22. The van der Waals surface area contributed by atoms with Crippen LogP contribution in [0.5, 0.6) is 5.75 Å². The number of hydrogen-bond donors (Lipinski definition) is 1. The molecule has 0 atom stereocenters. The molecule has 2 heterocycles. The van der Waals surface area contributed by atoms with Gasteiger partial charge in [-0.3, -0.25) is 14.7 Å². The van der Waals surface area contributed by atoms with Crippen LogP contribution in [0, 0.1) is 6.92 Å². The van der Waals surface area contributed by atoms with Gasteiger partial charge in [0.25, 0.3) is 0 Å². The number of rotatable bonds is 9. The Labute approximate surface area is 195 Å². The van der Waals surface area contributed by atoms with Gasteiger partial charge in [-0.25, -0.2) is 0 Å². The van der Waals surface area contributed by atoms with E-state index in [2.05, 4.69) is 34.3 Å². The predicted octanol–water partition coefficient (Wildman–Crippen LogP) is 3.63. The van der Waals surface area contributed by atoms with Gasteiger partial charge in [0.05, 0.1) is 19.6 Å². The molecule has 4 rings (SSSR count). The van der Waals surface area contributed by atoms with E-state index in [-0.39, 0.29) is 12.3 Å². The molecular weight excluding hydrogens is 414 g/mol. The molecule has 0 spiro atoms. The first-order chi connectivity index (χ1) is 16.2. The fourth-order valence-corrected chi connectivity index (χ4v) is 3.82. The molecule has 0 aliphatic carbocycles. The van der Waals surface area contributed by atoms with E-state index < -0.39 is 0 Å². The molecule has 0 radical (unpaired) electrons. The number of pyridine rings is 1. The highest BCUT2D eigenvalue weighted by Crippen LogP contribution is 2.26. The first kappa shape index (κ1) is 23.0. The van der Waals surface area contributed by atoms with Crippen LogP contribution in [-0.4, -0.2) is 55.2 Å². The average molecular weight is 446 g/mol. The zero-order valence-electron chi connectivity index (χ0n) is 19.1. The SMILES string of the molecule is Cc1cc(-c2ccc(CC(=O)NCc3ccccc3)nc2)ccc1OCCN1CCOCC1. The Morgan fingerprint density at radius 2 is 1.85 bits per heavy atom. The minimum absolute atomic E-state index is 0.0338. The molecule has 1 aromatic heterocycles. The van der Waals surface area contributed by atoms with Gasteiger partial charge in [0.2, 0.25) is 5.91 Å². The van der Waals surface area contributed by atoms with Crippen LogP contribution in [0.2, 0.25) is 0 Å². The number of aromatic nitrogens is 1. The summed E-state index contributed by atoms with van der Waals surface area (Å²) in [6.45, 7) is 7.72. The number of nitrogens with one attached hydrogen (secondary N) is 1. The Morgan fingerprint density at radius 1 is 1.06 bits per heavy atom. The van der Waals surface area contributed by atoms with Crippen LogP contribution >= 0.6 is 0 Å². The monoisotopic (exact) mass is 445 g/mol. The molecule has 6 nitrogen and oxygen atoms in total. The van der Waals surface area contributed by atoms with E-state index in [1.54, 1.807) is 0 Å². The molecule has 33 heavy (non-hydrogen) atoms. The number of carbonyl (C=O) groups excluding carboxylic acids is 1. The molecule has 172 valence electrons. The van der Waals surface area contributed by atoms with E-state index in [1.165, 1.54) is 0 Å². The van der Waals surface area contributed by atoms with Gasteiger partial charge < -0.3 is 14.8 Å². The molecule has 0 saturated carbocycles. The van der Waals surface area contributed by atoms with Crippen LogP contribution < -0.4 is 10.1 Å². The molecule has 1 N–H and O–H groups in total. The molecule has 0 unspecified atom stereocenters. The fraction of sp³-hybridized carbons (Fsp3) is 0.333. The van der Waals surface area contributed by atoms with Crippen molar-refractivity contribution in [3.63, 3.8) is 0 Å². The number of amides is 1. The number of ether oxygens (including phenoxy) is 2. The summed E-state index contributed by atoms with van der Waals surface area (Å²) in [5.41, 5.74) is 5.04. The highest BCUT2D eigenvalue weighted by molar-refractivity contribution is 5.78. The number of benzene rings is 2. The smallest absolute Gasteiger partial charge is 0.226 e. The van der Waals surface area contributed by atoms with Crippen molar-refractivity contribution in [1.82, 2.24) is 15.2 Å². The van der Waals surface area contributed by atoms with E-state index >= 15 is 0 Å². The number of hydrogen-bond acceptors (Lipinski definition) is 5. The van der Waals surface area contributed by atoms with Gasteiger partial charge in [-0.2, -0.15) is 0 Å². The zero-order chi connectivity index (χ0) is 22.9. The summed E-state index contributed by atoms with van der Waals surface area (Å²) >= 11 is 0. The lowest BCUT2D eigenvalue weighted by atomic mass is 10.0. The second-order valence-electron chi connectivity index (χ2n) is 8.26. The van der Waals surface area contributed by atoms with Crippen molar-refractivity contribution in [2.24, 2.45) is 0 Å². The van der Waals surface area contributed by atoms with Crippen LogP contribution in [0.1, 0.15) is 16.8 Å². The van der Waals surface area contributed by atoms with Gasteiger partial charge in [0.15, 0.2) is 0 Å². The average Bonchev–Trinajstić information content (AvgIpc) is 2.85. The lowest BCUT2D eigenvalue weighted by Gasteiger charge is -2.26. The van der Waals surface area contributed by atoms with Crippen molar-refractivity contribution in [3.05, 3.63) is 83.7 Å². The Balaban J connectivity index is 1.27. The molecular formula is C27H31N3O3. The van der Waals surface area contributed by atoms with Gasteiger partial charge >= 0.3 is 0 Å².